The number of nitrogens with zero attached hydrogens (tertiary/aromatic N) is 2. The highest BCUT2D eigenvalue weighted by molar-refractivity contribution is 7.99. The van der Waals surface area contributed by atoms with E-state index < -0.39 is 0 Å². The normalized spacial score (nSPS) is 12.6. The largest absolute Gasteiger partial charge is 0.354 e. The fourth-order valence-corrected chi connectivity index (χ4v) is 3.60. The van der Waals surface area contributed by atoms with Crippen LogP contribution in [0.1, 0.15) is 22.8 Å². The number of carbonyl (C=O) groups excluding carboxylic acids is 1. The van der Waals surface area contributed by atoms with Crippen molar-refractivity contribution in [2.45, 2.75) is 16.7 Å². The van der Waals surface area contributed by atoms with E-state index in [9.17, 15) is 4.79 Å². The van der Waals surface area contributed by atoms with E-state index in [2.05, 4.69) is 45.1 Å². The van der Waals surface area contributed by atoms with Crippen LogP contribution in [0.3, 0.4) is 0 Å². The van der Waals surface area contributed by atoms with Gasteiger partial charge in [-0.3, -0.25) is 9.78 Å². The van der Waals surface area contributed by atoms with Gasteiger partial charge in [0.15, 0.2) is 0 Å². The maximum Gasteiger partial charge on any atom is 0.271 e. The third kappa shape index (κ3) is 3.32. The zero-order valence-electron chi connectivity index (χ0n) is 14.1. The number of anilines is 2. The first-order chi connectivity index (χ1) is 12.7. The van der Waals surface area contributed by atoms with Crippen molar-refractivity contribution < 1.29 is 4.79 Å². The Kier molecular flexibility index (Phi) is 4.41. The molecule has 0 bridgehead atoms. The van der Waals surface area contributed by atoms with Crippen molar-refractivity contribution in [3.8, 4) is 0 Å². The highest BCUT2D eigenvalue weighted by atomic mass is 32.2. The van der Waals surface area contributed by atoms with E-state index in [1.165, 1.54) is 9.79 Å². The molecule has 0 saturated carbocycles. The first kappa shape index (κ1) is 16.4. The minimum atomic E-state index is -0.257. The van der Waals surface area contributed by atoms with Crippen LogP contribution in [0.15, 0.2) is 81.9 Å². The lowest BCUT2D eigenvalue weighted by Crippen LogP contribution is -2.19. The van der Waals surface area contributed by atoms with Crippen molar-refractivity contribution in [2.75, 3.05) is 5.32 Å². The van der Waals surface area contributed by atoms with Crippen LogP contribution >= 0.6 is 11.8 Å². The van der Waals surface area contributed by atoms with Crippen LogP contribution in [-0.2, 0) is 0 Å². The average Bonchev–Trinajstić information content (AvgIpc) is 2.70. The number of aromatic nitrogens is 1. The standard InChI is InChI=1S/C20H16N4OS/c1-13(23-24-20(25)14-8-10-21-11-9-14)15-6-7-19-17(12-15)22-16-4-2-3-5-18(16)26-19/h2-12,22H,1H3,(H,24,25)/b23-13+. The van der Waals surface area contributed by atoms with E-state index in [1.54, 1.807) is 36.3 Å². The molecule has 0 fully saturated rings. The van der Waals surface area contributed by atoms with E-state index in [1.807, 2.05) is 25.1 Å². The maximum atomic E-state index is 12.1. The SMILES string of the molecule is C/C(=N\NC(=O)c1ccncc1)c1ccc2c(c1)Nc1ccccc1S2. The van der Waals surface area contributed by atoms with Gasteiger partial charge in [0.05, 0.1) is 17.1 Å². The summed E-state index contributed by atoms with van der Waals surface area (Å²) in [6.07, 6.45) is 3.16. The third-order valence-corrected chi connectivity index (χ3v) is 5.19. The number of carbonyl (C=O) groups is 1. The lowest BCUT2D eigenvalue weighted by molar-refractivity contribution is 0.0954. The first-order valence-corrected chi connectivity index (χ1v) is 8.95. The molecule has 0 spiro atoms. The molecule has 0 aliphatic carbocycles. The molecule has 128 valence electrons. The van der Waals surface area contributed by atoms with E-state index in [-0.39, 0.29) is 5.91 Å². The van der Waals surface area contributed by atoms with Gasteiger partial charge in [0.25, 0.3) is 5.91 Å². The second-order valence-electron chi connectivity index (χ2n) is 5.81. The summed E-state index contributed by atoms with van der Waals surface area (Å²) in [4.78, 5) is 18.4. The zero-order valence-corrected chi connectivity index (χ0v) is 14.9. The van der Waals surface area contributed by atoms with Gasteiger partial charge in [-0.15, -0.1) is 0 Å². The molecule has 2 N–H and O–H groups in total. The smallest absolute Gasteiger partial charge is 0.271 e. The van der Waals surface area contributed by atoms with Crippen molar-refractivity contribution in [1.82, 2.24) is 10.4 Å². The van der Waals surface area contributed by atoms with Gasteiger partial charge >= 0.3 is 0 Å². The van der Waals surface area contributed by atoms with Crippen LogP contribution in [0.2, 0.25) is 0 Å². The fourth-order valence-electron chi connectivity index (χ4n) is 2.63. The number of para-hydroxylation sites is 1. The molecule has 2 heterocycles. The summed E-state index contributed by atoms with van der Waals surface area (Å²) < 4.78 is 0. The van der Waals surface area contributed by atoms with Crippen LogP contribution in [-0.4, -0.2) is 16.6 Å². The topological polar surface area (TPSA) is 66.4 Å². The Morgan fingerprint density at radius 2 is 1.77 bits per heavy atom. The number of rotatable bonds is 3. The van der Waals surface area contributed by atoms with Crippen molar-refractivity contribution in [3.63, 3.8) is 0 Å². The molecular weight excluding hydrogens is 344 g/mol. The molecule has 26 heavy (non-hydrogen) atoms. The lowest BCUT2D eigenvalue weighted by atomic mass is 10.1. The van der Waals surface area contributed by atoms with E-state index in [4.69, 9.17) is 0 Å². The number of fused-ring (bicyclic) bond motifs is 2. The Labute approximate surface area is 155 Å². The molecule has 0 radical (unpaired) electrons. The number of hydrazone groups is 1. The molecule has 3 aromatic rings. The number of nitrogens with one attached hydrogen (secondary N) is 2. The highest BCUT2D eigenvalue weighted by Crippen LogP contribution is 2.44. The third-order valence-electron chi connectivity index (χ3n) is 4.04. The van der Waals surface area contributed by atoms with E-state index >= 15 is 0 Å². The monoisotopic (exact) mass is 360 g/mol. The number of benzene rings is 2. The van der Waals surface area contributed by atoms with Crippen molar-refractivity contribution >= 4 is 34.8 Å². The number of hydrogen-bond acceptors (Lipinski definition) is 5. The summed E-state index contributed by atoms with van der Waals surface area (Å²) in [5, 5.41) is 7.68. The summed E-state index contributed by atoms with van der Waals surface area (Å²) in [5.41, 5.74) is 6.94. The maximum absolute atomic E-state index is 12.1. The number of hydrogen-bond donors (Lipinski definition) is 2. The molecule has 5 nitrogen and oxygen atoms in total. The Balaban J connectivity index is 1.53. The quantitative estimate of drug-likeness (QED) is 0.419. The summed E-state index contributed by atoms with van der Waals surface area (Å²) >= 11 is 1.74. The van der Waals surface area contributed by atoms with Gasteiger partial charge in [0.2, 0.25) is 0 Å². The predicted molar refractivity (Wildman–Crippen MR) is 104 cm³/mol. The van der Waals surface area contributed by atoms with Crippen LogP contribution in [0.25, 0.3) is 0 Å². The second-order valence-corrected chi connectivity index (χ2v) is 6.89. The molecule has 4 rings (SSSR count). The Morgan fingerprint density at radius 1 is 1.00 bits per heavy atom. The minimum Gasteiger partial charge on any atom is -0.354 e. The molecule has 0 atom stereocenters. The minimum absolute atomic E-state index is 0.257. The summed E-state index contributed by atoms with van der Waals surface area (Å²) in [6, 6.07) is 17.7. The Bertz CT molecular complexity index is 1000. The Morgan fingerprint density at radius 3 is 2.62 bits per heavy atom. The van der Waals surface area contributed by atoms with Gasteiger partial charge in [-0.1, -0.05) is 30.0 Å². The average molecular weight is 360 g/mol. The summed E-state index contributed by atoms with van der Waals surface area (Å²) in [5.74, 6) is -0.257. The van der Waals surface area contributed by atoms with Crippen LogP contribution in [0.5, 0.6) is 0 Å². The molecule has 0 saturated heterocycles. The van der Waals surface area contributed by atoms with Gasteiger partial charge in [-0.25, -0.2) is 5.43 Å². The molecule has 1 aliphatic heterocycles. The first-order valence-electron chi connectivity index (χ1n) is 8.14. The van der Waals surface area contributed by atoms with Gasteiger partial charge in [-0.2, -0.15) is 5.10 Å². The number of pyridine rings is 1. The van der Waals surface area contributed by atoms with Crippen molar-refractivity contribution in [3.05, 3.63) is 78.1 Å². The molecule has 1 aliphatic rings. The van der Waals surface area contributed by atoms with E-state index in [0.717, 1.165) is 22.6 Å². The molecule has 6 heteroatoms. The number of amides is 1. The molecule has 1 amide bonds. The molecule has 2 aromatic carbocycles. The predicted octanol–water partition coefficient (Wildman–Crippen LogP) is 4.44. The highest BCUT2D eigenvalue weighted by Gasteiger charge is 2.16. The summed E-state index contributed by atoms with van der Waals surface area (Å²) in [6.45, 7) is 1.87. The van der Waals surface area contributed by atoms with Crippen LogP contribution in [0, 0.1) is 0 Å². The zero-order chi connectivity index (χ0) is 17.9. The van der Waals surface area contributed by atoms with Gasteiger partial charge in [-0.05, 0) is 48.9 Å². The summed E-state index contributed by atoms with van der Waals surface area (Å²) in [7, 11) is 0. The van der Waals surface area contributed by atoms with E-state index in [0.29, 0.717) is 5.56 Å². The van der Waals surface area contributed by atoms with Crippen LogP contribution < -0.4 is 10.7 Å². The second kappa shape index (κ2) is 7.01. The van der Waals surface area contributed by atoms with Gasteiger partial charge in [0.1, 0.15) is 0 Å². The van der Waals surface area contributed by atoms with Gasteiger partial charge < -0.3 is 5.32 Å². The van der Waals surface area contributed by atoms with Crippen molar-refractivity contribution in [2.24, 2.45) is 5.10 Å². The molecule has 0 unspecified atom stereocenters. The Hall–Kier alpha value is -3.12. The fraction of sp³-hybridized carbons (Fsp3) is 0.0500. The molecule has 1 aromatic heterocycles. The van der Waals surface area contributed by atoms with Crippen LogP contribution in [0.4, 0.5) is 11.4 Å². The lowest BCUT2D eigenvalue weighted by Gasteiger charge is -2.21. The molecular formula is C20H16N4OS. The van der Waals surface area contributed by atoms with Gasteiger partial charge in [0, 0.05) is 27.7 Å². The van der Waals surface area contributed by atoms with Crippen molar-refractivity contribution in [1.29, 1.82) is 0 Å².